The van der Waals surface area contributed by atoms with Gasteiger partial charge in [0.25, 0.3) is 0 Å². The summed E-state index contributed by atoms with van der Waals surface area (Å²) in [5, 5.41) is 0. The van der Waals surface area contributed by atoms with Gasteiger partial charge in [-0.05, 0) is 42.7 Å². The van der Waals surface area contributed by atoms with Crippen LogP contribution in [0, 0.1) is 5.92 Å². The Balaban J connectivity index is 1.75. The van der Waals surface area contributed by atoms with Crippen LogP contribution in [0.5, 0.6) is 0 Å². The zero-order valence-corrected chi connectivity index (χ0v) is 15.8. The standard InChI is InChI=1S/C22H25F3N2O/c1-2-12-27(21(28)18-8-3-4-9-18)16-20-11-6-13-26(20)15-17-7-5-10-19(14-17)22(23,24)25/h2,5-7,10-11,13-14,18H,1,3-4,8-9,12,15-16H2. The highest BCUT2D eigenvalue weighted by atomic mass is 19.4. The minimum atomic E-state index is -4.36. The average Bonchev–Trinajstić information content (AvgIpc) is 3.33. The second kappa shape index (κ2) is 8.67. The van der Waals surface area contributed by atoms with Gasteiger partial charge in [0.1, 0.15) is 0 Å². The number of rotatable bonds is 7. The van der Waals surface area contributed by atoms with E-state index in [0.29, 0.717) is 25.2 Å². The first kappa shape index (κ1) is 20.2. The van der Waals surface area contributed by atoms with Gasteiger partial charge in [-0.2, -0.15) is 13.2 Å². The lowest BCUT2D eigenvalue weighted by molar-refractivity contribution is -0.137. The molecule has 1 aromatic heterocycles. The summed E-state index contributed by atoms with van der Waals surface area (Å²) in [7, 11) is 0. The van der Waals surface area contributed by atoms with Crippen molar-refractivity contribution < 1.29 is 18.0 Å². The largest absolute Gasteiger partial charge is 0.416 e. The fourth-order valence-corrected chi connectivity index (χ4v) is 3.80. The molecule has 0 saturated heterocycles. The van der Waals surface area contributed by atoms with Gasteiger partial charge in [0.2, 0.25) is 5.91 Å². The third kappa shape index (κ3) is 4.86. The highest BCUT2D eigenvalue weighted by Crippen LogP contribution is 2.30. The molecule has 150 valence electrons. The molecule has 0 N–H and O–H groups in total. The molecule has 0 atom stereocenters. The zero-order valence-electron chi connectivity index (χ0n) is 15.8. The van der Waals surface area contributed by atoms with E-state index in [2.05, 4.69) is 6.58 Å². The molecule has 1 aliphatic rings. The van der Waals surface area contributed by atoms with Crippen LogP contribution in [0.15, 0.2) is 55.3 Å². The highest BCUT2D eigenvalue weighted by molar-refractivity contribution is 5.79. The summed E-state index contributed by atoms with van der Waals surface area (Å²) in [5.41, 5.74) is 0.818. The number of hydrogen-bond acceptors (Lipinski definition) is 1. The number of hydrogen-bond donors (Lipinski definition) is 0. The molecular formula is C22H25F3N2O. The molecule has 3 nitrogen and oxygen atoms in total. The van der Waals surface area contributed by atoms with Crippen molar-refractivity contribution >= 4 is 5.91 Å². The molecule has 0 aliphatic heterocycles. The van der Waals surface area contributed by atoms with Gasteiger partial charge < -0.3 is 9.47 Å². The molecule has 0 unspecified atom stereocenters. The first-order valence-corrected chi connectivity index (χ1v) is 9.58. The lowest BCUT2D eigenvalue weighted by atomic mass is 10.1. The molecule has 6 heteroatoms. The van der Waals surface area contributed by atoms with Crippen molar-refractivity contribution in [2.24, 2.45) is 5.92 Å². The molecule has 1 aliphatic carbocycles. The lowest BCUT2D eigenvalue weighted by Crippen LogP contribution is -2.35. The second-order valence-electron chi connectivity index (χ2n) is 7.31. The summed E-state index contributed by atoms with van der Waals surface area (Å²) in [5.74, 6) is 0.219. The minimum Gasteiger partial charge on any atom is -0.345 e. The van der Waals surface area contributed by atoms with Gasteiger partial charge in [-0.25, -0.2) is 0 Å². The summed E-state index contributed by atoms with van der Waals surface area (Å²) in [6.07, 6.45) is 3.22. The Morgan fingerprint density at radius 1 is 1.21 bits per heavy atom. The summed E-state index contributed by atoms with van der Waals surface area (Å²) >= 11 is 0. The van der Waals surface area contributed by atoms with E-state index in [1.807, 2.05) is 22.9 Å². The molecule has 1 fully saturated rings. The molecule has 2 aromatic rings. The van der Waals surface area contributed by atoms with E-state index >= 15 is 0 Å². The Morgan fingerprint density at radius 2 is 1.96 bits per heavy atom. The van der Waals surface area contributed by atoms with Gasteiger partial charge in [-0.3, -0.25) is 4.79 Å². The van der Waals surface area contributed by atoms with E-state index < -0.39 is 11.7 Å². The fraction of sp³-hybridized carbons (Fsp3) is 0.409. The van der Waals surface area contributed by atoms with Crippen molar-refractivity contribution in [2.45, 2.75) is 44.9 Å². The van der Waals surface area contributed by atoms with E-state index in [1.54, 1.807) is 17.0 Å². The number of carbonyl (C=O) groups is 1. The molecule has 1 amide bonds. The SMILES string of the molecule is C=CCN(Cc1cccn1Cc1cccc(C(F)(F)F)c1)C(=O)C1CCCC1. The predicted molar refractivity (Wildman–Crippen MR) is 103 cm³/mol. The van der Waals surface area contributed by atoms with Gasteiger partial charge in [0, 0.05) is 30.9 Å². The van der Waals surface area contributed by atoms with E-state index in [-0.39, 0.29) is 11.8 Å². The van der Waals surface area contributed by atoms with Crippen molar-refractivity contribution in [3.05, 3.63) is 72.1 Å². The molecule has 0 radical (unpaired) electrons. The number of alkyl halides is 3. The number of halogens is 3. The maximum Gasteiger partial charge on any atom is 0.416 e. The second-order valence-corrected chi connectivity index (χ2v) is 7.31. The van der Waals surface area contributed by atoms with Crippen LogP contribution >= 0.6 is 0 Å². The van der Waals surface area contributed by atoms with Gasteiger partial charge >= 0.3 is 6.18 Å². The van der Waals surface area contributed by atoms with Gasteiger partial charge in [-0.1, -0.05) is 31.1 Å². The summed E-state index contributed by atoms with van der Waals surface area (Å²) in [4.78, 5) is 14.6. The monoisotopic (exact) mass is 390 g/mol. The van der Waals surface area contributed by atoms with E-state index in [4.69, 9.17) is 0 Å². The summed E-state index contributed by atoms with van der Waals surface area (Å²) < 4.78 is 40.8. The number of amides is 1. The van der Waals surface area contributed by atoms with Crippen molar-refractivity contribution in [1.82, 2.24) is 9.47 Å². The number of carbonyl (C=O) groups excluding carboxylic acids is 1. The normalized spacial score (nSPS) is 15.0. The molecule has 0 spiro atoms. The van der Waals surface area contributed by atoms with Crippen LogP contribution in [0.4, 0.5) is 13.2 Å². The average molecular weight is 390 g/mol. The Bertz CT molecular complexity index is 819. The molecule has 1 aromatic carbocycles. The lowest BCUT2D eigenvalue weighted by Gasteiger charge is -2.25. The number of aromatic nitrogens is 1. The van der Waals surface area contributed by atoms with Crippen LogP contribution in [-0.2, 0) is 24.1 Å². The first-order valence-electron chi connectivity index (χ1n) is 9.58. The fourth-order valence-electron chi connectivity index (χ4n) is 3.80. The Kier molecular flexibility index (Phi) is 6.27. The van der Waals surface area contributed by atoms with Gasteiger partial charge in [0.15, 0.2) is 0 Å². The summed E-state index contributed by atoms with van der Waals surface area (Å²) in [6.45, 7) is 4.97. The molecule has 3 rings (SSSR count). The van der Waals surface area contributed by atoms with E-state index in [1.165, 1.54) is 12.1 Å². The van der Waals surface area contributed by atoms with E-state index in [9.17, 15) is 18.0 Å². The van der Waals surface area contributed by atoms with Crippen LogP contribution in [0.25, 0.3) is 0 Å². The van der Waals surface area contributed by atoms with Gasteiger partial charge in [0.05, 0.1) is 12.1 Å². The molecule has 1 heterocycles. The number of nitrogens with zero attached hydrogens (tertiary/aromatic N) is 2. The summed E-state index contributed by atoms with van der Waals surface area (Å²) in [6, 6.07) is 9.13. The zero-order chi connectivity index (χ0) is 20.1. The Hall–Kier alpha value is -2.50. The highest BCUT2D eigenvalue weighted by Gasteiger charge is 2.30. The van der Waals surface area contributed by atoms with Crippen LogP contribution in [0.2, 0.25) is 0 Å². The third-order valence-corrected chi connectivity index (χ3v) is 5.25. The van der Waals surface area contributed by atoms with Gasteiger partial charge in [-0.15, -0.1) is 6.58 Å². The van der Waals surface area contributed by atoms with Crippen molar-refractivity contribution in [2.75, 3.05) is 6.54 Å². The molecular weight excluding hydrogens is 365 g/mol. The van der Waals surface area contributed by atoms with Crippen molar-refractivity contribution in [3.8, 4) is 0 Å². The molecule has 0 bridgehead atoms. The van der Waals surface area contributed by atoms with Crippen molar-refractivity contribution in [3.63, 3.8) is 0 Å². The third-order valence-electron chi connectivity index (χ3n) is 5.25. The molecule has 28 heavy (non-hydrogen) atoms. The van der Waals surface area contributed by atoms with Crippen molar-refractivity contribution in [1.29, 1.82) is 0 Å². The van der Waals surface area contributed by atoms with Crippen LogP contribution in [0.3, 0.4) is 0 Å². The minimum absolute atomic E-state index is 0.0758. The van der Waals surface area contributed by atoms with E-state index in [0.717, 1.165) is 37.4 Å². The molecule has 1 saturated carbocycles. The van der Waals surface area contributed by atoms with Crippen LogP contribution in [0.1, 0.15) is 42.5 Å². The quantitative estimate of drug-likeness (QED) is 0.592. The Labute approximate surface area is 163 Å². The Morgan fingerprint density at radius 3 is 2.64 bits per heavy atom. The first-order chi connectivity index (χ1) is 13.4. The maximum atomic E-state index is 13.0. The van der Waals surface area contributed by atoms with Crippen LogP contribution in [-0.4, -0.2) is 21.9 Å². The maximum absolute atomic E-state index is 13.0. The smallest absolute Gasteiger partial charge is 0.345 e. The number of benzene rings is 1. The van der Waals surface area contributed by atoms with Crippen LogP contribution < -0.4 is 0 Å². The predicted octanol–water partition coefficient (Wildman–Crippen LogP) is 5.26. The topological polar surface area (TPSA) is 25.2 Å².